The zero-order valence-electron chi connectivity index (χ0n) is 7.15. The summed E-state index contributed by atoms with van der Waals surface area (Å²) in [6, 6.07) is 4.74. The molecule has 5 heteroatoms. The van der Waals surface area contributed by atoms with Crippen LogP contribution in [0.1, 0.15) is 15.9 Å². The van der Waals surface area contributed by atoms with Gasteiger partial charge in [-0.25, -0.2) is 0 Å². The van der Waals surface area contributed by atoms with Crippen molar-refractivity contribution in [2.24, 2.45) is 0 Å². The molecular formula is C9H8O5. The molecule has 0 aliphatic carbocycles. The Balaban J connectivity index is 0.000000980. The van der Waals surface area contributed by atoms with Gasteiger partial charge in [-0.15, -0.1) is 0 Å². The van der Waals surface area contributed by atoms with Crippen molar-refractivity contribution in [3.8, 4) is 5.75 Å². The minimum absolute atomic E-state index is 0. The summed E-state index contributed by atoms with van der Waals surface area (Å²) in [6.07, 6.45) is 0.290. The van der Waals surface area contributed by atoms with Crippen molar-refractivity contribution in [3.63, 3.8) is 0 Å². The number of aldehydes is 1. The predicted molar refractivity (Wildman–Crippen MR) is 45.9 cm³/mol. The Morgan fingerprint density at radius 2 is 2.21 bits per heavy atom. The van der Waals surface area contributed by atoms with E-state index in [0.29, 0.717) is 24.2 Å². The lowest BCUT2D eigenvalue weighted by atomic mass is 10.1. The average molecular weight is 196 g/mol. The van der Waals surface area contributed by atoms with Gasteiger partial charge in [0.25, 0.3) is 0 Å². The van der Waals surface area contributed by atoms with Crippen molar-refractivity contribution in [1.82, 2.24) is 0 Å². The van der Waals surface area contributed by atoms with Crippen LogP contribution in [0, 0.1) is 0 Å². The highest BCUT2D eigenvalue weighted by atomic mass is 17.2. The molecule has 5 nitrogen and oxygen atoms in total. The fraction of sp³-hybridized carbons (Fsp3) is 0.111. The topological polar surface area (TPSA) is 84.1 Å². The maximum Gasteiger partial charge on any atom is 0.225 e. The van der Waals surface area contributed by atoms with Crippen molar-refractivity contribution in [1.29, 1.82) is 0 Å². The average Bonchev–Trinajstić information content (AvgIpc) is 2.63. The first kappa shape index (κ1) is 10.4. The Kier molecular flexibility index (Phi) is 2.95. The molecule has 1 aromatic carbocycles. The minimum Gasteiger partial charge on any atom is -0.412 e. The normalized spacial score (nSPS) is 12.3. The van der Waals surface area contributed by atoms with E-state index in [1.807, 2.05) is 0 Å². The van der Waals surface area contributed by atoms with Gasteiger partial charge in [0.05, 0.1) is 0 Å². The second-order valence-electron chi connectivity index (χ2n) is 2.65. The second-order valence-corrected chi connectivity index (χ2v) is 2.65. The molecule has 2 N–H and O–H groups in total. The standard InChI is InChI=1S/C9H6O4.H2O/c10-4-8(11)6-1-2-9-7(3-6)5-12-13-9;/h1-4H,5H2;1H2. The maximum absolute atomic E-state index is 11.0. The molecule has 0 atom stereocenters. The fourth-order valence-corrected chi connectivity index (χ4v) is 1.15. The van der Waals surface area contributed by atoms with Gasteiger partial charge in [0.1, 0.15) is 6.61 Å². The van der Waals surface area contributed by atoms with E-state index >= 15 is 0 Å². The lowest BCUT2D eigenvalue weighted by molar-refractivity contribution is -0.194. The monoisotopic (exact) mass is 196 g/mol. The van der Waals surface area contributed by atoms with Crippen LogP contribution in [0.2, 0.25) is 0 Å². The molecule has 1 heterocycles. The first-order chi connectivity index (χ1) is 6.31. The van der Waals surface area contributed by atoms with E-state index in [9.17, 15) is 9.59 Å². The quantitative estimate of drug-likeness (QED) is 0.290. The summed E-state index contributed by atoms with van der Waals surface area (Å²) >= 11 is 0. The minimum atomic E-state index is -0.533. The van der Waals surface area contributed by atoms with Gasteiger partial charge in [-0.1, -0.05) is 0 Å². The van der Waals surface area contributed by atoms with Crippen LogP contribution in [0.15, 0.2) is 18.2 Å². The SMILES string of the molecule is O.O=CC(=O)c1ccc2c(c1)COO2. The van der Waals surface area contributed by atoms with Gasteiger partial charge in [-0.3, -0.25) is 9.59 Å². The molecule has 0 spiro atoms. The molecule has 0 aromatic heterocycles. The Bertz CT molecular complexity index is 371. The van der Waals surface area contributed by atoms with E-state index in [1.54, 1.807) is 12.1 Å². The van der Waals surface area contributed by atoms with Crippen LogP contribution < -0.4 is 4.89 Å². The smallest absolute Gasteiger partial charge is 0.225 e. The predicted octanol–water partition coefficient (Wildman–Crippen LogP) is 0.0675. The molecule has 0 saturated heterocycles. The third kappa shape index (κ3) is 1.63. The van der Waals surface area contributed by atoms with Crippen molar-refractivity contribution >= 4 is 12.1 Å². The summed E-state index contributed by atoms with van der Waals surface area (Å²) in [5.74, 6) is 0.0668. The van der Waals surface area contributed by atoms with E-state index in [0.717, 1.165) is 5.56 Å². The number of benzene rings is 1. The van der Waals surface area contributed by atoms with Gasteiger partial charge in [0.15, 0.2) is 12.0 Å². The molecule has 0 saturated carbocycles. The molecule has 14 heavy (non-hydrogen) atoms. The lowest BCUT2D eigenvalue weighted by Gasteiger charge is -1.96. The lowest BCUT2D eigenvalue weighted by Crippen LogP contribution is -1.99. The van der Waals surface area contributed by atoms with Gasteiger partial charge in [-0.2, -0.15) is 4.89 Å². The van der Waals surface area contributed by atoms with E-state index in [-0.39, 0.29) is 5.48 Å². The molecule has 74 valence electrons. The number of ketones is 1. The van der Waals surface area contributed by atoms with Crippen LogP contribution in [0.25, 0.3) is 0 Å². The number of fused-ring (bicyclic) bond motifs is 1. The highest BCUT2D eigenvalue weighted by molar-refractivity contribution is 6.33. The van der Waals surface area contributed by atoms with Gasteiger partial charge in [0.2, 0.25) is 5.78 Å². The largest absolute Gasteiger partial charge is 0.412 e. The Hall–Kier alpha value is -1.72. The first-order valence-electron chi connectivity index (χ1n) is 3.73. The summed E-state index contributed by atoms with van der Waals surface area (Å²) < 4.78 is 0. The van der Waals surface area contributed by atoms with Crippen LogP contribution in [0.5, 0.6) is 5.75 Å². The van der Waals surface area contributed by atoms with Gasteiger partial charge in [0, 0.05) is 11.1 Å². The van der Waals surface area contributed by atoms with E-state index in [4.69, 9.17) is 4.89 Å². The summed E-state index contributed by atoms with van der Waals surface area (Å²) in [5.41, 5.74) is 1.15. The van der Waals surface area contributed by atoms with Crippen LogP contribution in [-0.4, -0.2) is 17.5 Å². The van der Waals surface area contributed by atoms with Gasteiger partial charge in [-0.05, 0) is 18.2 Å². The third-order valence-electron chi connectivity index (χ3n) is 1.82. The van der Waals surface area contributed by atoms with Crippen LogP contribution in [0.3, 0.4) is 0 Å². The zero-order valence-corrected chi connectivity index (χ0v) is 7.15. The molecule has 1 aromatic rings. The molecule has 0 unspecified atom stereocenters. The number of hydrogen-bond donors (Lipinski definition) is 0. The Morgan fingerprint density at radius 1 is 1.43 bits per heavy atom. The van der Waals surface area contributed by atoms with Crippen LogP contribution >= 0.6 is 0 Å². The molecule has 2 rings (SSSR count). The summed E-state index contributed by atoms with van der Waals surface area (Å²) in [4.78, 5) is 30.6. The van der Waals surface area contributed by atoms with Crippen molar-refractivity contribution in [3.05, 3.63) is 29.3 Å². The van der Waals surface area contributed by atoms with E-state index in [2.05, 4.69) is 4.89 Å². The van der Waals surface area contributed by atoms with E-state index < -0.39 is 5.78 Å². The van der Waals surface area contributed by atoms with E-state index in [1.165, 1.54) is 6.07 Å². The van der Waals surface area contributed by atoms with Crippen molar-refractivity contribution < 1.29 is 24.8 Å². The number of rotatable bonds is 2. The van der Waals surface area contributed by atoms with Crippen molar-refractivity contribution in [2.75, 3.05) is 0 Å². The van der Waals surface area contributed by atoms with Gasteiger partial charge >= 0.3 is 0 Å². The van der Waals surface area contributed by atoms with Crippen LogP contribution in [-0.2, 0) is 16.3 Å². The highest BCUT2D eigenvalue weighted by Gasteiger charge is 2.15. The Labute approximate surface area is 79.5 Å². The fourth-order valence-electron chi connectivity index (χ4n) is 1.15. The van der Waals surface area contributed by atoms with Gasteiger partial charge < -0.3 is 10.4 Å². The molecular weight excluding hydrogens is 188 g/mol. The highest BCUT2D eigenvalue weighted by Crippen LogP contribution is 2.26. The molecule has 0 amide bonds. The molecule has 0 radical (unpaired) electrons. The zero-order chi connectivity index (χ0) is 9.26. The number of carbonyl (C=O) groups is 2. The number of hydrogen-bond acceptors (Lipinski definition) is 4. The Morgan fingerprint density at radius 3 is 2.93 bits per heavy atom. The van der Waals surface area contributed by atoms with Crippen LogP contribution in [0.4, 0.5) is 0 Å². The molecule has 0 fully saturated rings. The second kappa shape index (κ2) is 3.99. The molecule has 1 aliphatic rings. The molecule has 1 aliphatic heterocycles. The summed E-state index contributed by atoms with van der Waals surface area (Å²) in [6.45, 7) is 0.315. The summed E-state index contributed by atoms with van der Waals surface area (Å²) in [5, 5.41) is 0. The number of carbonyl (C=O) groups excluding carboxylic acids is 2. The first-order valence-corrected chi connectivity index (χ1v) is 3.73. The third-order valence-corrected chi connectivity index (χ3v) is 1.82. The molecule has 0 bridgehead atoms. The number of Topliss-reactive ketones (excluding diaryl/α,β-unsaturated/α-hetero) is 1. The van der Waals surface area contributed by atoms with Crippen molar-refractivity contribution in [2.45, 2.75) is 6.61 Å². The summed E-state index contributed by atoms with van der Waals surface area (Å²) in [7, 11) is 0. The maximum atomic E-state index is 11.0.